The van der Waals surface area contributed by atoms with Gasteiger partial charge in [0.15, 0.2) is 9.84 Å². The zero-order valence-electron chi connectivity index (χ0n) is 14.8. The van der Waals surface area contributed by atoms with Crippen molar-refractivity contribution in [2.75, 3.05) is 18.9 Å². The average Bonchev–Trinajstić information content (AvgIpc) is 2.66. The Morgan fingerprint density at radius 3 is 2.41 bits per heavy atom. The Morgan fingerprint density at radius 2 is 1.59 bits per heavy atom. The van der Waals surface area contributed by atoms with E-state index in [1.54, 1.807) is 6.07 Å². The monoisotopic (exact) mass is 383 g/mol. The lowest BCUT2D eigenvalue weighted by molar-refractivity contribution is -0.118. The van der Waals surface area contributed by atoms with Crippen molar-refractivity contribution in [1.82, 2.24) is 5.32 Å². The van der Waals surface area contributed by atoms with Crippen molar-refractivity contribution < 1.29 is 17.9 Å². The van der Waals surface area contributed by atoms with Crippen LogP contribution in [-0.2, 0) is 20.4 Å². The van der Waals surface area contributed by atoms with E-state index in [0.717, 1.165) is 10.8 Å². The molecule has 0 aliphatic heterocycles. The molecular formula is C21H21NO4S. The predicted octanol–water partition coefficient (Wildman–Crippen LogP) is 2.95. The molecule has 3 aromatic carbocycles. The second-order valence-corrected chi connectivity index (χ2v) is 8.25. The zero-order valence-corrected chi connectivity index (χ0v) is 15.6. The summed E-state index contributed by atoms with van der Waals surface area (Å²) in [6, 6.07) is 22.4. The lowest BCUT2D eigenvalue weighted by atomic mass is 10.1. The number of hydrogen-bond donors (Lipinski definition) is 1. The second-order valence-electron chi connectivity index (χ2n) is 6.18. The maximum absolute atomic E-state index is 12.4. The lowest BCUT2D eigenvalue weighted by Gasteiger charge is -2.09. The highest BCUT2D eigenvalue weighted by molar-refractivity contribution is 7.91. The topological polar surface area (TPSA) is 72.5 Å². The fourth-order valence-corrected chi connectivity index (χ4v) is 4.16. The first-order valence-corrected chi connectivity index (χ1v) is 10.5. The van der Waals surface area contributed by atoms with Gasteiger partial charge in [-0.15, -0.1) is 0 Å². The Bertz CT molecular complexity index is 1010. The Kier molecular flexibility index (Phi) is 6.08. The Balaban J connectivity index is 1.52. The largest absolute Gasteiger partial charge is 0.492 e. The summed E-state index contributed by atoms with van der Waals surface area (Å²) in [6.45, 7) is 0.524. The molecule has 0 bridgehead atoms. The Labute approximate surface area is 158 Å². The summed E-state index contributed by atoms with van der Waals surface area (Å²) in [5.41, 5.74) is 0.702. The van der Waals surface area contributed by atoms with Crippen molar-refractivity contribution in [1.29, 1.82) is 0 Å². The van der Waals surface area contributed by atoms with Gasteiger partial charge in [0.2, 0.25) is 5.91 Å². The van der Waals surface area contributed by atoms with Crippen LogP contribution in [0.3, 0.4) is 0 Å². The van der Waals surface area contributed by atoms with Gasteiger partial charge in [0, 0.05) is 0 Å². The van der Waals surface area contributed by atoms with E-state index in [9.17, 15) is 13.2 Å². The zero-order chi connectivity index (χ0) is 19.1. The number of carbonyl (C=O) groups excluding carboxylic acids is 1. The summed E-state index contributed by atoms with van der Waals surface area (Å²) in [6.07, 6.45) is 0. The van der Waals surface area contributed by atoms with Gasteiger partial charge in [-0.1, -0.05) is 60.7 Å². The quantitative estimate of drug-likeness (QED) is 0.607. The molecule has 0 aliphatic rings. The van der Waals surface area contributed by atoms with Gasteiger partial charge in [0.1, 0.15) is 18.1 Å². The minimum absolute atomic E-state index is 0.164. The number of ether oxygens (including phenoxy) is 1. The number of benzene rings is 3. The van der Waals surface area contributed by atoms with Gasteiger partial charge in [0.05, 0.1) is 12.3 Å². The fraction of sp³-hybridized carbons (Fsp3) is 0.190. The number of hydrogen-bond acceptors (Lipinski definition) is 4. The molecule has 3 aromatic rings. The molecule has 0 heterocycles. The molecule has 1 N–H and O–H groups in total. The van der Waals surface area contributed by atoms with Crippen molar-refractivity contribution in [3.05, 3.63) is 78.4 Å². The summed E-state index contributed by atoms with van der Waals surface area (Å²) in [5, 5.41) is 4.46. The first-order valence-electron chi connectivity index (χ1n) is 8.65. The SMILES string of the molecule is O=C(CS(=O)(=O)Cc1cccc2ccccc12)NCCOc1ccccc1. The van der Waals surface area contributed by atoms with E-state index < -0.39 is 21.5 Å². The third kappa shape index (κ3) is 5.56. The van der Waals surface area contributed by atoms with Crippen LogP contribution < -0.4 is 10.1 Å². The van der Waals surface area contributed by atoms with Crippen LogP contribution >= 0.6 is 0 Å². The molecule has 0 aliphatic carbocycles. The van der Waals surface area contributed by atoms with Crippen molar-refractivity contribution in [2.45, 2.75) is 5.75 Å². The van der Waals surface area contributed by atoms with Crippen LogP contribution in [-0.4, -0.2) is 33.2 Å². The molecule has 0 saturated heterocycles. The number of fused-ring (bicyclic) bond motifs is 1. The van der Waals surface area contributed by atoms with Gasteiger partial charge in [-0.3, -0.25) is 4.79 Å². The minimum atomic E-state index is -3.57. The fourth-order valence-electron chi connectivity index (χ4n) is 2.83. The minimum Gasteiger partial charge on any atom is -0.492 e. The van der Waals surface area contributed by atoms with Crippen molar-refractivity contribution >= 4 is 26.5 Å². The Hall–Kier alpha value is -2.86. The molecule has 0 aromatic heterocycles. The van der Waals surface area contributed by atoms with E-state index in [4.69, 9.17) is 4.74 Å². The number of amides is 1. The molecule has 6 heteroatoms. The van der Waals surface area contributed by atoms with Gasteiger partial charge in [-0.25, -0.2) is 8.42 Å². The summed E-state index contributed by atoms with van der Waals surface area (Å²) in [5.74, 6) is -0.522. The molecule has 0 radical (unpaired) electrons. The van der Waals surface area contributed by atoms with Crippen LogP contribution in [0.1, 0.15) is 5.56 Å². The van der Waals surface area contributed by atoms with Crippen LogP contribution in [0.25, 0.3) is 10.8 Å². The summed E-state index contributed by atoms with van der Waals surface area (Å²) < 4.78 is 30.3. The van der Waals surface area contributed by atoms with E-state index >= 15 is 0 Å². The molecule has 27 heavy (non-hydrogen) atoms. The highest BCUT2D eigenvalue weighted by Gasteiger charge is 2.18. The number of nitrogens with one attached hydrogen (secondary N) is 1. The number of carbonyl (C=O) groups is 1. The van der Waals surface area contributed by atoms with Crippen molar-refractivity contribution in [3.63, 3.8) is 0 Å². The maximum atomic E-state index is 12.4. The van der Waals surface area contributed by atoms with E-state index in [2.05, 4.69) is 5.32 Å². The van der Waals surface area contributed by atoms with Crippen LogP contribution in [0.4, 0.5) is 0 Å². The van der Waals surface area contributed by atoms with Crippen molar-refractivity contribution in [2.24, 2.45) is 0 Å². The molecule has 0 saturated carbocycles. The molecule has 0 spiro atoms. The van der Waals surface area contributed by atoms with Gasteiger partial charge in [0.25, 0.3) is 0 Å². The standard InChI is InChI=1S/C21H21NO4S/c23-21(22-13-14-26-19-10-2-1-3-11-19)16-27(24,25)15-18-9-6-8-17-7-4-5-12-20(17)18/h1-12H,13-16H2,(H,22,23). The average molecular weight is 383 g/mol. The summed E-state index contributed by atoms with van der Waals surface area (Å²) >= 11 is 0. The summed E-state index contributed by atoms with van der Waals surface area (Å²) in [7, 11) is -3.57. The smallest absolute Gasteiger partial charge is 0.235 e. The Morgan fingerprint density at radius 1 is 0.889 bits per heavy atom. The van der Waals surface area contributed by atoms with Crippen LogP contribution in [0.5, 0.6) is 5.75 Å². The van der Waals surface area contributed by atoms with E-state index in [1.807, 2.05) is 66.7 Å². The molecule has 0 atom stereocenters. The third-order valence-electron chi connectivity index (χ3n) is 4.04. The summed E-state index contributed by atoms with van der Waals surface area (Å²) in [4.78, 5) is 12.0. The first kappa shape index (κ1) is 18.9. The lowest BCUT2D eigenvalue weighted by Crippen LogP contribution is -2.33. The van der Waals surface area contributed by atoms with Gasteiger partial charge < -0.3 is 10.1 Å². The molecule has 0 fully saturated rings. The second kappa shape index (κ2) is 8.68. The number of sulfone groups is 1. The highest BCUT2D eigenvalue weighted by Crippen LogP contribution is 2.20. The molecular weight excluding hydrogens is 362 g/mol. The molecule has 3 rings (SSSR count). The van der Waals surface area contributed by atoms with Gasteiger partial charge in [-0.2, -0.15) is 0 Å². The molecule has 1 amide bonds. The third-order valence-corrected chi connectivity index (χ3v) is 5.50. The molecule has 0 unspecified atom stereocenters. The van der Waals surface area contributed by atoms with E-state index in [1.165, 1.54) is 0 Å². The highest BCUT2D eigenvalue weighted by atomic mass is 32.2. The van der Waals surface area contributed by atoms with Gasteiger partial charge in [-0.05, 0) is 28.5 Å². The van der Waals surface area contributed by atoms with Crippen LogP contribution in [0, 0.1) is 0 Å². The first-order chi connectivity index (χ1) is 13.0. The van der Waals surface area contributed by atoms with E-state index in [0.29, 0.717) is 11.3 Å². The van der Waals surface area contributed by atoms with Crippen LogP contribution in [0.2, 0.25) is 0 Å². The maximum Gasteiger partial charge on any atom is 0.235 e. The van der Waals surface area contributed by atoms with E-state index in [-0.39, 0.29) is 18.9 Å². The van der Waals surface area contributed by atoms with Crippen LogP contribution in [0.15, 0.2) is 72.8 Å². The number of rotatable bonds is 8. The normalized spacial score (nSPS) is 11.3. The number of para-hydroxylation sites is 1. The molecule has 5 nitrogen and oxygen atoms in total. The van der Waals surface area contributed by atoms with Gasteiger partial charge >= 0.3 is 0 Å². The van der Waals surface area contributed by atoms with Crippen molar-refractivity contribution in [3.8, 4) is 5.75 Å². The predicted molar refractivity (Wildman–Crippen MR) is 106 cm³/mol. The molecule has 140 valence electrons.